The molecule has 2 unspecified atom stereocenters. The summed E-state index contributed by atoms with van der Waals surface area (Å²) in [6.07, 6.45) is 10.6. The molecule has 1 spiro atoms. The van der Waals surface area contributed by atoms with Crippen molar-refractivity contribution in [1.82, 2.24) is 0 Å². The second-order valence-electron chi connectivity index (χ2n) is 4.19. The van der Waals surface area contributed by atoms with Gasteiger partial charge in [0.2, 0.25) is 0 Å². The molecule has 66 valence electrons. The third kappa shape index (κ3) is 1.13. The van der Waals surface area contributed by atoms with Crippen molar-refractivity contribution in [2.24, 2.45) is 5.41 Å². The summed E-state index contributed by atoms with van der Waals surface area (Å²) in [4.78, 5) is 0. The third-order valence-electron chi connectivity index (χ3n) is 3.34. The predicted molar refractivity (Wildman–Crippen MR) is 49.8 cm³/mol. The Balaban J connectivity index is 2.15. The molecule has 0 heterocycles. The van der Waals surface area contributed by atoms with Crippen molar-refractivity contribution in [2.75, 3.05) is 0 Å². The molecule has 2 aliphatic carbocycles. The molecule has 1 heteroatoms. The first-order valence-corrected chi connectivity index (χ1v) is 4.73. The largest absolute Gasteiger partial charge is 0.388 e. The van der Waals surface area contributed by atoms with Crippen LogP contribution in [0.2, 0.25) is 0 Å². The molecule has 0 amide bonds. The number of aliphatic hydroxyl groups is 1. The minimum Gasteiger partial charge on any atom is -0.388 e. The Bertz CT molecular complexity index is 239. The molecule has 0 bridgehead atoms. The van der Waals surface area contributed by atoms with Gasteiger partial charge in [0, 0.05) is 5.41 Å². The van der Waals surface area contributed by atoms with Gasteiger partial charge in [0.1, 0.15) is 0 Å². The number of hydrogen-bond acceptors (Lipinski definition) is 1. The van der Waals surface area contributed by atoms with Crippen molar-refractivity contribution in [1.29, 1.82) is 0 Å². The lowest BCUT2D eigenvalue weighted by molar-refractivity contribution is 0.0661. The summed E-state index contributed by atoms with van der Waals surface area (Å²) >= 11 is 0. The average molecular weight is 164 g/mol. The zero-order valence-corrected chi connectivity index (χ0v) is 7.59. The summed E-state index contributed by atoms with van der Waals surface area (Å²) in [6, 6.07) is 0. The Hall–Kier alpha value is -0.560. The van der Waals surface area contributed by atoms with Crippen molar-refractivity contribution in [3.63, 3.8) is 0 Å². The van der Waals surface area contributed by atoms with Gasteiger partial charge in [-0.3, -0.25) is 0 Å². The van der Waals surface area contributed by atoms with Crippen LogP contribution in [0.5, 0.6) is 0 Å². The monoisotopic (exact) mass is 164 g/mol. The lowest BCUT2D eigenvalue weighted by Crippen LogP contribution is -2.31. The number of rotatable bonds is 0. The van der Waals surface area contributed by atoms with Crippen molar-refractivity contribution in [2.45, 2.75) is 38.7 Å². The highest BCUT2D eigenvalue weighted by Gasteiger charge is 2.38. The van der Waals surface area contributed by atoms with Crippen molar-refractivity contribution < 1.29 is 5.11 Å². The van der Waals surface area contributed by atoms with Gasteiger partial charge in [-0.15, -0.1) is 0 Å². The van der Waals surface area contributed by atoms with Gasteiger partial charge in [0.15, 0.2) is 0 Å². The van der Waals surface area contributed by atoms with E-state index in [2.05, 4.69) is 19.1 Å². The van der Waals surface area contributed by atoms with E-state index >= 15 is 0 Å². The Morgan fingerprint density at radius 3 is 2.83 bits per heavy atom. The first-order valence-electron chi connectivity index (χ1n) is 4.73. The fraction of sp³-hybridized carbons (Fsp3) is 0.636. The van der Waals surface area contributed by atoms with Crippen LogP contribution < -0.4 is 0 Å². The van der Waals surface area contributed by atoms with Gasteiger partial charge in [-0.2, -0.15) is 0 Å². The standard InChI is InChI=1S/C11H16O/c1-9-4-7-11(8-5-9)6-2-3-10(11)12/h2-4,10,12H,5-8H2,1H3. The Labute approximate surface area is 73.8 Å². The van der Waals surface area contributed by atoms with Crippen LogP contribution in [-0.4, -0.2) is 11.2 Å². The van der Waals surface area contributed by atoms with E-state index in [0.717, 1.165) is 19.3 Å². The van der Waals surface area contributed by atoms with Crippen LogP contribution in [0, 0.1) is 5.41 Å². The van der Waals surface area contributed by atoms with Crippen LogP contribution >= 0.6 is 0 Å². The second-order valence-corrected chi connectivity index (χ2v) is 4.19. The molecule has 0 saturated heterocycles. The minimum absolute atomic E-state index is 0.180. The first-order chi connectivity index (χ1) is 5.73. The van der Waals surface area contributed by atoms with Crippen LogP contribution in [0.25, 0.3) is 0 Å². The quantitative estimate of drug-likeness (QED) is 0.545. The molecular weight excluding hydrogens is 148 g/mol. The Morgan fingerprint density at radius 1 is 1.50 bits per heavy atom. The lowest BCUT2D eigenvalue weighted by Gasteiger charge is -2.35. The molecule has 0 aromatic heterocycles. The SMILES string of the molecule is CC1=CCC2(CC=CC2O)CC1. The highest BCUT2D eigenvalue weighted by Crippen LogP contribution is 2.45. The molecule has 0 aromatic carbocycles. The third-order valence-corrected chi connectivity index (χ3v) is 3.34. The molecule has 0 radical (unpaired) electrons. The zero-order chi connectivity index (χ0) is 8.60. The van der Waals surface area contributed by atoms with Crippen LogP contribution in [-0.2, 0) is 0 Å². The van der Waals surface area contributed by atoms with Gasteiger partial charge in [-0.05, 0) is 32.6 Å². The molecule has 1 nitrogen and oxygen atoms in total. The van der Waals surface area contributed by atoms with E-state index in [1.807, 2.05) is 6.08 Å². The highest BCUT2D eigenvalue weighted by atomic mass is 16.3. The molecule has 0 aromatic rings. The van der Waals surface area contributed by atoms with E-state index in [4.69, 9.17) is 0 Å². The summed E-state index contributed by atoms with van der Waals surface area (Å²) in [7, 11) is 0. The van der Waals surface area contributed by atoms with Crippen LogP contribution in [0.15, 0.2) is 23.8 Å². The minimum atomic E-state index is -0.193. The van der Waals surface area contributed by atoms with Gasteiger partial charge in [0.05, 0.1) is 6.10 Å². The van der Waals surface area contributed by atoms with Gasteiger partial charge < -0.3 is 5.11 Å². The van der Waals surface area contributed by atoms with E-state index in [1.54, 1.807) is 0 Å². The van der Waals surface area contributed by atoms with Crippen LogP contribution in [0.4, 0.5) is 0 Å². The molecule has 2 atom stereocenters. The highest BCUT2D eigenvalue weighted by molar-refractivity contribution is 5.17. The molecular formula is C11H16O. The van der Waals surface area contributed by atoms with Gasteiger partial charge >= 0.3 is 0 Å². The van der Waals surface area contributed by atoms with E-state index in [0.29, 0.717) is 0 Å². The topological polar surface area (TPSA) is 20.2 Å². The molecule has 0 fully saturated rings. The average Bonchev–Trinajstić information content (AvgIpc) is 2.41. The zero-order valence-electron chi connectivity index (χ0n) is 7.59. The van der Waals surface area contributed by atoms with Crippen molar-refractivity contribution >= 4 is 0 Å². The molecule has 2 aliphatic rings. The maximum atomic E-state index is 9.77. The summed E-state index contributed by atoms with van der Waals surface area (Å²) < 4.78 is 0. The maximum absolute atomic E-state index is 9.77. The summed E-state index contributed by atoms with van der Waals surface area (Å²) in [5, 5.41) is 9.77. The lowest BCUT2D eigenvalue weighted by atomic mass is 9.72. The normalized spacial score (nSPS) is 40.5. The summed E-state index contributed by atoms with van der Waals surface area (Å²) in [5.41, 5.74) is 1.67. The molecule has 1 N–H and O–H groups in total. The van der Waals surface area contributed by atoms with Gasteiger partial charge in [-0.1, -0.05) is 23.8 Å². The van der Waals surface area contributed by atoms with Gasteiger partial charge in [0.25, 0.3) is 0 Å². The molecule has 2 rings (SSSR count). The first kappa shape index (κ1) is 8.06. The summed E-state index contributed by atoms with van der Waals surface area (Å²) in [6.45, 7) is 2.18. The Kier molecular flexibility index (Phi) is 1.84. The second kappa shape index (κ2) is 2.74. The predicted octanol–water partition coefficient (Wildman–Crippen LogP) is 2.42. The van der Waals surface area contributed by atoms with E-state index < -0.39 is 0 Å². The Morgan fingerprint density at radius 2 is 2.33 bits per heavy atom. The van der Waals surface area contributed by atoms with E-state index in [1.165, 1.54) is 12.0 Å². The smallest absolute Gasteiger partial charge is 0.0783 e. The van der Waals surface area contributed by atoms with Crippen molar-refractivity contribution in [3.05, 3.63) is 23.8 Å². The molecule has 12 heavy (non-hydrogen) atoms. The van der Waals surface area contributed by atoms with E-state index in [-0.39, 0.29) is 11.5 Å². The fourth-order valence-electron chi connectivity index (χ4n) is 2.24. The molecule has 0 aliphatic heterocycles. The molecule has 0 saturated carbocycles. The number of allylic oxidation sites excluding steroid dienone is 3. The van der Waals surface area contributed by atoms with Crippen molar-refractivity contribution in [3.8, 4) is 0 Å². The van der Waals surface area contributed by atoms with Gasteiger partial charge in [-0.25, -0.2) is 0 Å². The maximum Gasteiger partial charge on any atom is 0.0783 e. The number of aliphatic hydroxyl groups excluding tert-OH is 1. The van der Waals surface area contributed by atoms with E-state index in [9.17, 15) is 5.11 Å². The van der Waals surface area contributed by atoms with Crippen LogP contribution in [0.3, 0.4) is 0 Å². The number of hydrogen-bond donors (Lipinski definition) is 1. The van der Waals surface area contributed by atoms with Crippen LogP contribution in [0.1, 0.15) is 32.6 Å². The fourth-order valence-corrected chi connectivity index (χ4v) is 2.24. The summed E-state index contributed by atoms with van der Waals surface area (Å²) in [5.74, 6) is 0.